The van der Waals surface area contributed by atoms with Crippen LogP contribution >= 0.6 is 0 Å². The summed E-state index contributed by atoms with van der Waals surface area (Å²) >= 11 is 0. The number of likely N-dealkylation sites (N-methyl/N-ethyl adjacent to an activating group) is 1. The molecule has 0 bridgehead atoms. The van der Waals surface area contributed by atoms with Crippen molar-refractivity contribution in [2.45, 2.75) is 57.1 Å². The summed E-state index contributed by atoms with van der Waals surface area (Å²) < 4.78 is 0. The van der Waals surface area contributed by atoms with Gasteiger partial charge in [-0.05, 0) is 38.6 Å². The van der Waals surface area contributed by atoms with E-state index in [0.717, 1.165) is 12.3 Å². The Kier molecular flexibility index (Phi) is 3.45. The molecule has 0 amide bonds. The molecule has 2 aliphatic rings. The molecule has 0 spiro atoms. The fraction of sp³-hybridized carbons (Fsp3) is 1.00. The largest absolute Gasteiger partial charge is 0.391 e. The molecule has 2 heteroatoms. The molecule has 2 unspecified atom stereocenters. The lowest BCUT2D eigenvalue weighted by molar-refractivity contribution is 0.0559. The van der Waals surface area contributed by atoms with Crippen molar-refractivity contribution in [2.75, 3.05) is 13.6 Å². The molecule has 0 aliphatic heterocycles. The van der Waals surface area contributed by atoms with Gasteiger partial charge in [-0.15, -0.1) is 0 Å². The summed E-state index contributed by atoms with van der Waals surface area (Å²) in [6.07, 6.45) is 8.79. The molecule has 0 saturated heterocycles. The first-order valence-corrected chi connectivity index (χ1v) is 6.15. The lowest BCUT2D eigenvalue weighted by Crippen LogP contribution is -2.41. The van der Waals surface area contributed by atoms with Gasteiger partial charge in [0.25, 0.3) is 0 Å². The summed E-state index contributed by atoms with van der Waals surface area (Å²) in [5.74, 6) is 0.940. The van der Waals surface area contributed by atoms with E-state index in [2.05, 4.69) is 11.9 Å². The lowest BCUT2D eigenvalue weighted by atomic mass is 10.0. The molecule has 0 aromatic rings. The van der Waals surface area contributed by atoms with Crippen LogP contribution in [-0.4, -0.2) is 35.7 Å². The van der Waals surface area contributed by atoms with Gasteiger partial charge in [0.1, 0.15) is 0 Å². The smallest absolute Gasteiger partial charge is 0.0695 e. The van der Waals surface area contributed by atoms with Crippen molar-refractivity contribution in [3.8, 4) is 0 Å². The number of nitrogens with zero attached hydrogens (tertiary/aromatic N) is 1. The Bertz CT molecular complexity index is 179. The topological polar surface area (TPSA) is 23.5 Å². The van der Waals surface area contributed by atoms with Crippen LogP contribution in [0.25, 0.3) is 0 Å². The molecule has 2 aliphatic carbocycles. The van der Waals surface area contributed by atoms with Crippen LogP contribution in [0.4, 0.5) is 0 Å². The molecule has 2 nitrogen and oxygen atoms in total. The fourth-order valence-electron chi connectivity index (χ4n) is 2.63. The minimum absolute atomic E-state index is 0.0683. The Labute approximate surface area is 87.3 Å². The number of aliphatic hydroxyl groups excluding tert-OH is 1. The molecule has 0 radical (unpaired) electrons. The van der Waals surface area contributed by atoms with Crippen molar-refractivity contribution >= 4 is 0 Å². The SMILES string of the molecule is CN(CC1CC1)C1CCCCCC1O. The van der Waals surface area contributed by atoms with E-state index >= 15 is 0 Å². The average molecular weight is 197 g/mol. The van der Waals surface area contributed by atoms with Crippen LogP contribution < -0.4 is 0 Å². The van der Waals surface area contributed by atoms with Crippen molar-refractivity contribution in [3.63, 3.8) is 0 Å². The second kappa shape index (κ2) is 4.63. The van der Waals surface area contributed by atoms with E-state index in [9.17, 15) is 5.11 Å². The second-order valence-corrected chi connectivity index (χ2v) is 5.16. The van der Waals surface area contributed by atoms with Crippen LogP contribution in [0.1, 0.15) is 44.9 Å². The molecule has 2 saturated carbocycles. The molecular weight excluding hydrogens is 174 g/mol. The van der Waals surface area contributed by atoms with Gasteiger partial charge in [0.05, 0.1) is 6.10 Å². The van der Waals surface area contributed by atoms with Gasteiger partial charge in [0.15, 0.2) is 0 Å². The maximum absolute atomic E-state index is 10.0. The molecular formula is C12H23NO. The molecule has 0 heterocycles. The van der Waals surface area contributed by atoms with Gasteiger partial charge in [0, 0.05) is 12.6 Å². The number of aliphatic hydroxyl groups is 1. The molecule has 2 rings (SSSR count). The first-order valence-electron chi connectivity index (χ1n) is 6.15. The van der Waals surface area contributed by atoms with E-state index in [0.29, 0.717) is 6.04 Å². The van der Waals surface area contributed by atoms with Crippen molar-refractivity contribution in [1.82, 2.24) is 4.90 Å². The zero-order valence-electron chi connectivity index (χ0n) is 9.28. The van der Waals surface area contributed by atoms with Crippen molar-refractivity contribution < 1.29 is 5.11 Å². The first kappa shape index (κ1) is 10.4. The third-order valence-electron chi connectivity index (χ3n) is 3.75. The lowest BCUT2D eigenvalue weighted by Gasteiger charge is -2.30. The van der Waals surface area contributed by atoms with Gasteiger partial charge < -0.3 is 10.0 Å². The molecule has 0 aromatic heterocycles. The Balaban J connectivity index is 1.84. The van der Waals surface area contributed by atoms with E-state index in [-0.39, 0.29) is 6.10 Å². The minimum Gasteiger partial charge on any atom is -0.391 e. The van der Waals surface area contributed by atoms with E-state index in [1.54, 1.807) is 0 Å². The maximum atomic E-state index is 10.0. The third kappa shape index (κ3) is 2.71. The van der Waals surface area contributed by atoms with E-state index in [4.69, 9.17) is 0 Å². The van der Waals surface area contributed by atoms with E-state index in [1.165, 1.54) is 45.1 Å². The zero-order valence-corrected chi connectivity index (χ0v) is 9.28. The van der Waals surface area contributed by atoms with Gasteiger partial charge in [-0.3, -0.25) is 0 Å². The van der Waals surface area contributed by atoms with Crippen LogP contribution in [0.2, 0.25) is 0 Å². The van der Waals surface area contributed by atoms with Gasteiger partial charge in [0.2, 0.25) is 0 Å². The van der Waals surface area contributed by atoms with Crippen LogP contribution in [-0.2, 0) is 0 Å². The van der Waals surface area contributed by atoms with Crippen molar-refractivity contribution in [3.05, 3.63) is 0 Å². The zero-order chi connectivity index (χ0) is 9.97. The van der Waals surface area contributed by atoms with E-state index < -0.39 is 0 Å². The third-order valence-corrected chi connectivity index (χ3v) is 3.75. The van der Waals surface area contributed by atoms with Crippen LogP contribution in [0.5, 0.6) is 0 Å². The highest BCUT2D eigenvalue weighted by atomic mass is 16.3. The number of rotatable bonds is 3. The first-order chi connectivity index (χ1) is 6.77. The summed E-state index contributed by atoms with van der Waals surface area (Å²) in [5.41, 5.74) is 0. The van der Waals surface area contributed by atoms with Gasteiger partial charge >= 0.3 is 0 Å². The summed E-state index contributed by atoms with van der Waals surface area (Å²) in [6, 6.07) is 0.443. The van der Waals surface area contributed by atoms with Gasteiger partial charge in [-0.1, -0.05) is 19.3 Å². The number of hydrogen-bond donors (Lipinski definition) is 1. The molecule has 0 aromatic carbocycles. The highest BCUT2D eigenvalue weighted by molar-refractivity contribution is 4.84. The monoisotopic (exact) mass is 197 g/mol. The fourth-order valence-corrected chi connectivity index (χ4v) is 2.63. The molecule has 2 fully saturated rings. The molecule has 14 heavy (non-hydrogen) atoms. The Hall–Kier alpha value is -0.0800. The minimum atomic E-state index is -0.0683. The summed E-state index contributed by atoms with van der Waals surface area (Å²) in [7, 11) is 2.19. The summed E-state index contributed by atoms with van der Waals surface area (Å²) in [4.78, 5) is 2.41. The molecule has 2 atom stereocenters. The van der Waals surface area contributed by atoms with Gasteiger partial charge in [-0.2, -0.15) is 0 Å². The summed E-state index contributed by atoms with van der Waals surface area (Å²) in [6.45, 7) is 1.21. The highest BCUT2D eigenvalue weighted by Gasteiger charge is 2.29. The molecule has 82 valence electrons. The Morgan fingerprint density at radius 1 is 1.07 bits per heavy atom. The summed E-state index contributed by atoms with van der Waals surface area (Å²) in [5, 5.41) is 10.0. The average Bonchev–Trinajstić information content (AvgIpc) is 2.93. The quantitative estimate of drug-likeness (QED) is 0.700. The molecule has 1 N–H and O–H groups in total. The van der Waals surface area contributed by atoms with Crippen LogP contribution in [0.15, 0.2) is 0 Å². The van der Waals surface area contributed by atoms with Crippen molar-refractivity contribution in [1.29, 1.82) is 0 Å². The van der Waals surface area contributed by atoms with Gasteiger partial charge in [-0.25, -0.2) is 0 Å². The maximum Gasteiger partial charge on any atom is 0.0695 e. The Morgan fingerprint density at radius 3 is 2.50 bits per heavy atom. The standard InChI is InChI=1S/C12H23NO/c1-13(9-10-7-8-10)11-5-3-2-4-6-12(11)14/h10-12,14H,2-9H2,1H3. The van der Waals surface area contributed by atoms with Crippen molar-refractivity contribution in [2.24, 2.45) is 5.92 Å². The van der Waals surface area contributed by atoms with Crippen LogP contribution in [0.3, 0.4) is 0 Å². The van der Waals surface area contributed by atoms with Crippen LogP contribution in [0, 0.1) is 5.92 Å². The number of hydrogen-bond acceptors (Lipinski definition) is 2. The predicted molar refractivity (Wildman–Crippen MR) is 58.2 cm³/mol. The second-order valence-electron chi connectivity index (χ2n) is 5.16. The predicted octanol–water partition coefficient (Wildman–Crippen LogP) is 2.02. The Morgan fingerprint density at radius 2 is 1.79 bits per heavy atom. The highest BCUT2D eigenvalue weighted by Crippen LogP contribution is 2.31. The van der Waals surface area contributed by atoms with E-state index in [1.807, 2.05) is 0 Å². The normalized spacial score (nSPS) is 34.5.